The molecule has 0 saturated carbocycles. The predicted octanol–water partition coefficient (Wildman–Crippen LogP) is 4.01. The van der Waals surface area contributed by atoms with Gasteiger partial charge in [-0.3, -0.25) is 9.69 Å². The number of hydrogen-bond acceptors (Lipinski definition) is 2. The van der Waals surface area contributed by atoms with E-state index in [9.17, 15) is 18.0 Å². The third-order valence-corrected chi connectivity index (χ3v) is 4.79. The number of hydrogen-bond donors (Lipinski definition) is 0. The van der Waals surface area contributed by atoms with Gasteiger partial charge in [0.1, 0.15) is 0 Å². The van der Waals surface area contributed by atoms with Crippen molar-refractivity contribution in [3.05, 3.63) is 35.4 Å². The molecule has 1 aromatic rings. The number of halogens is 3. The molecule has 1 saturated heterocycles. The molecule has 0 unspecified atom stereocenters. The van der Waals surface area contributed by atoms with Gasteiger partial charge in [0.2, 0.25) is 5.91 Å². The molecule has 1 aliphatic rings. The van der Waals surface area contributed by atoms with Crippen molar-refractivity contribution in [1.29, 1.82) is 0 Å². The van der Waals surface area contributed by atoms with E-state index in [2.05, 4.69) is 45.0 Å². The zero-order valence-electron chi connectivity index (χ0n) is 15.9. The molecule has 6 heteroatoms. The summed E-state index contributed by atoms with van der Waals surface area (Å²) in [6, 6.07) is 8.31. The lowest BCUT2D eigenvalue weighted by Gasteiger charge is -2.23. The molecule has 0 radical (unpaired) electrons. The van der Waals surface area contributed by atoms with Crippen LogP contribution < -0.4 is 0 Å². The maximum absolute atomic E-state index is 12.5. The van der Waals surface area contributed by atoms with Crippen molar-refractivity contribution in [3.8, 4) is 0 Å². The fraction of sp³-hybridized carbons (Fsp3) is 0.650. The monoisotopic (exact) mass is 370 g/mol. The van der Waals surface area contributed by atoms with Crippen molar-refractivity contribution in [2.24, 2.45) is 0 Å². The van der Waals surface area contributed by atoms with Crippen LogP contribution >= 0.6 is 0 Å². The maximum Gasteiger partial charge on any atom is 0.401 e. The molecule has 1 heterocycles. The first-order valence-electron chi connectivity index (χ1n) is 9.21. The van der Waals surface area contributed by atoms with Gasteiger partial charge in [0.05, 0.1) is 6.54 Å². The van der Waals surface area contributed by atoms with Gasteiger partial charge in [0.15, 0.2) is 0 Å². The summed E-state index contributed by atoms with van der Waals surface area (Å²) < 4.78 is 37.6. The molecule has 3 nitrogen and oxygen atoms in total. The Labute approximate surface area is 154 Å². The van der Waals surface area contributed by atoms with E-state index in [1.807, 2.05) is 0 Å². The largest absolute Gasteiger partial charge is 0.401 e. The van der Waals surface area contributed by atoms with Gasteiger partial charge in [-0.2, -0.15) is 13.2 Å². The van der Waals surface area contributed by atoms with Gasteiger partial charge in [0.25, 0.3) is 0 Å². The standard InChI is InChI=1S/C20H29F3N2O/c1-19(2,3)17-8-5-16(6-9-17)7-10-18(26)25-12-4-11-24(13-14-25)15-20(21,22)23/h5-6,8-9H,4,7,10-15H2,1-3H3. The van der Waals surface area contributed by atoms with Crippen LogP contribution in [0, 0.1) is 0 Å². The summed E-state index contributed by atoms with van der Waals surface area (Å²) in [6.45, 7) is 7.17. The van der Waals surface area contributed by atoms with Gasteiger partial charge in [-0.25, -0.2) is 0 Å². The average Bonchev–Trinajstić information content (AvgIpc) is 2.76. The minimum atomic E-state index is -4.18. The first-order chi connectivity index (χ1) is 12.0. The van der Waals surface area contributed by atoms with Gasteiger partial charge in [-0.05, 0) is 29.4 Å². The highest BCUT2D eigenvalue weighted by Crippen LogP contribution is 2.22. The summed E-state index contributed by atoms with van der Waals surface area (Å²) in [6.07, 6.45) is -2.54. The maximum atomic E-state index is 12.5. The number of rotatable bonds is 4. The Balaban J connectivity index is 1.82. The van der Waals surface area contributed by atoms with Crippen molar-refractivity contribution < 1.29 is 18.0 Å². The third kappa shape index (κ3) is 6.63. The first-order valence-corrected chi connectivity index (χ1v) is 9.21. The van der Waals surface area contributed by atoms with Crippen LogP contribution in [0.2, 0.25) is 0 Å². The molecule has 1 amide bonds. The molecule has 146 valence electrons. The zero-order chi connectivity index (χ0) is 19.4. The van der Waals surface area contributed by atoms with E-state index in [0.29, 0.717) is 38.9 Å². The fourth-order valence-corrected chi connectivity index (χ4v) is 3.21. The molecule has 0 bridgehead atoms. The topological polar surface area (TPSA) is 23.6 Å². The van der Waals surface area contributed by atoms with E-state index < -0.39 is 12.7 Å². The van der Waals surface area contributed by atoms with E-state index in [0.717, 1.165) is 5.56 Å². The summed E-state index contributed by atoms with van der Waals surface area (Å²) in [7, 11) is 0. The molecular formula is C20H29F3N2O. The van der Waals surface area contributed by atoms with Crippen LogP contribution in [-0.4, -0.2) is 54.6 Å². The number of aryl methyl sites for hydroxylation is 1. The SMILES string of the molecule is CC(C)(C)c1ccc(CCC(=O)N2CCCN(CC(F)(F)F)CC2)cc1. The van der Waals surface area contributed by atoms with E-state index >= 15 is 0 Å². The number of amides is 1. The lowest BCUT2D eigenvalue weighted by molar-refractivity contribution is -0.145. The van der Waals surface area contributed by atoms with Gasteiger partial charge >= 0.3 is 6.18 Å². The van der Waals surface area contributed by atoms with Crippen molar-refractivity contribution >= 4 is 5.91 Å². The Hall–Kier alpha value is -1.56. The Morgan fingerprint density at radius 2 is 1.65 bits per heavy atom. The molecule has 0 N–H and O–H groups in total. The molecule has 26 heavy (non-hydrogen) atoms. The molecule has 0 spiro atoms. The van der Waals surface area contributed by atoms with Crippen LogP contribution in [0.3, 0.4) is 0 Å². The fourth-order valence-electron chi connectivity index (χ4n) is 3.21. The number of nitrogens with zero attached hydrogens (tertiary/aromatic N) is 2. The molecular weight excluding hydrogens is 341 g/mol. The molecule has 2 rings (SSSR count). The van der Waals surface area contributed by atoms with E-state index in [4.69, 9.17) is 0 Å². The van der Waals surface area contributed by atoms with Gasteiger partial charge in [-0.15, -0.1) is 0 Å². The van der Waals surface area contributed by atoms with E-state index in [-0.39, 0.29) is 17.9 Å². The Morgan fingerprint density at radius 1 is 1.00 bits per heavy atom. The zero-order valence-corrected chi connectivity index (χ0v) is 15.9. The number of alkyl halides is 3. The van der Waals surface area contributed by atoms with Crippen LogP contribution in [0.1, 0.15) is 44.7 Å². The third-order valence-electron chi connectivity index (χ3n) is 4.79. The summed E-state index contributed by atoms with van der Waals surface area (Å²) in [4.78, 5) is 15.5. The highest BCUT2D eigenvalue weighted by Gasteiger charge is 2.31. The quantitative estimate of drug-likeness (QED) is 0.799. The average molecular weight is 370 g/mol. The van der Waals surface area contributed by atoms with Crippen molar-refractivity contribution in [1.82, 2.24) is 9.80 Å². The molecule has 1 fully saturated rings. The molecule has 1 aliphatic heterocycles. The second-order valence-electron chi connectivity index (χ2n) is 8.07. The molecule has 1 aromatic carbocycles. The minimum Gasteiger partial charge on any atom is -0.341 e. The Kier molecular flexibility index (Phi) is 6.72. The second kappa shape index (κ2) is 8.42. The predicted molar refractivity (Wildman–Crippen MR) is 97.2 cm³/mol. The number of carbonyl (C=O) groups is 1. The second-order valence-corrected chi connectivity index (χ2v) is 8.07. The van der Waals surface area contributed by atoms with Crippen molar-refractivity contribution in [2.75, 3.05) is 32.7 Å². The normalized spacial score (nSPS) is 17.2. The van der Waals surface area contributed by atoms with Crippen LogP contribution in [0.15, 0.2) is 24.3 Å². The minimum absolute atomic E-state index is 0.0266. The first kappa shape index (κ1) is 20.7. The van der Waals surface area contributed by atoms with Crippen LogP contribution in [0.5, 0.6) is 0 Å². The molecule has 0 aliphatic carbocycles. The van der Waals surface area contributed by atoms with Crippen LogP contribution in [-0.2, 0) is 16.6 Å². The van der Waals surface area contributed by atoms with Crippen molar-refractivity contribution in [3.63, 3.8) is 0 Å². The summed E-state index contributed by atoms with van der Waals surface area (Å²) in [5, 5.41) is 0. The van der Waals surface area contributed by atoms with Crippen LogP contribution in [0.4, 0.5) is 13.2 Å². The van der Waals surface area contributed by atoms with Gasteiger partial charge in [-0.1, -0.05) is 45.0 Å². The Morgan fingerprint density at radius 3 is 2.23 bits per heavy atom. The lowest BCUT2D eigenvalue weighted by Crippen LogP contribution is -2.38. The van der Waals surface area contributed by atoms with Crippen LogP contribution in [0.25, 0.3) is 0 Å². The molecule has 0 aromatic heterocycles. The summed E-state index contributed by atoms with van der Waals surface area (Å²) >= 11 is 0. The highest BCUT2D eigenvalue weighted by molar-refractivity contribution is 5.76. The summed E-state index contributed by atoms with van der Waals surface area (Å²) in [5.41, 5.74) is 2.47. The number of carbonyl (C=O) groups excluding carboxylic acids is 1. The van der Waals surface area contributed by atoms with E-state index in [1.54, 1.807) is 4.90 Å². The van der Waals surface area contributed by atoms with Crippen molar-refractivity contribution in [2.45, 2.75) is 51.6 Å². The van der Waals surface area contributed by atoms with Gasteiger partial charge in [0, 0.05) is 32.6 Å². The smallest absolute Gasteiger partial charge is 0.341 e. The molecule has 0 atom stereocenters. The highest BCUT2D eigenvalue weighted by atomic mass is 19.4. The Bertz CT molecular complexity index is 591. The van der Waals surface area contributed by atoms with E-state index in [1.165, 1.54) is 10.5 Å². The summed E-state index contributed by atoms with van der Waals surface area (Å²) in [5.74, 6) is 0.0266. The lowest BCUT2D eigenvalue weighted by atomic mass is 9.86. The number of benzene rings is 1. The van der Waals surface area contributed by atoms with Gasteiger partial charge < -0.3 is 4.90 Å².